The molecule has 10 nitrogen and oxygen atoms in total. The zero-order valence-electron chi connectivity index (χ0n) is 37.8. The fourth-order valence-electron chi connectivity index (χ4n) is 9.70. The third kappa shape index (κ3) is 6.92. The summed E-state index contributed by atoms with van der Waals surface area (Å²) in [6.45, 7) is 0. The zero-order chi connectivity index (χ0) is 46.8. The van der Waals surface area contributed by atoms with E-state index >= 15 is 0 Å². The molecular weight excluding hydrogens is 875 g/mol. The van der Waals surface area contributed by atoms with Crippen molar-refractivity contribution < 1.29 is 4.42 Å². The van der Waals surface area contributed by atoms with Gasteiger partial charge in [-0.3, -0.25) is 9.13 Å². The summed E-state index contributed by atoms with van der Waals surface area (Å²) in [5, 5.41) is 4.15. The van der Waals surface area contributed by atoms with Gasteiger partial charge < -0.3 is 4.42 Å². The fraction of sp³-hybridized carbons (Fsp3) is 0. The van der Waals surface area contributed by atoms with E-state index < -0.39 is 0 Å². The topological polar surface area (TPSA) is 113 Å². The highest BCUT2D eigenvalue weighted by Gasteiger charge is 2.23. The second-order valence-corrected chi connectivity index (χ2v) is 17.4. The van der Waals surface area contributed by atoms with E-state index in [0.717, 1.165) is 88.1 Å². The smallest absolute Gasteiger partial charge is 0.238 e. The minimum absolute atomic E-state index is 0.495. The first-order chi connectivity index (χ1) is 35.2. The van der Waals surface area contributed by atoms with Gasteiger partial charge in [0, 0.05) is 49.4 Å². The number of nitrogens with zero attached hydrogens (tertiary/aromatic N) is 9. The van der Waals surface area contributed by atoms with Crippen molar-refractivity contribution >= 4 is 54.7 Å². The van der Waals surface area contributed by atoms with Crippen LogP contribution in [0.1, 0.15) is 0 Å². The first kappa shape index (κ1) is 40.2. The highest BCUT2D eigenvalue weighted by Crippen LogP contribution is 2.40. The molecule has 71 heavy (non-hydrogen) atoms. The monoisotopic (exact) mass is 911 g/mol. The molecule has 0 aliphatic heterocycles. The molecule has 5 heterocycles. The Morgan fingerprint density at radius 3 is 1.13 bits per heavy atom. The molecule has 0 radical (unpaired) electrons. The number of hydrogen-bond acceptors (Lipinski definition) is 8. The molecule has 0 bridgehead atoms. The van der Waals surface area contributed by atoms with Crippen molar-refractivity contribution in [2.24, 2.45) is 0 Å². The second kappa shape index (κ2) is 16.4. The molecule has 0 unspecified atom stereocenters. The van der Waals surface area contributed by atoms with E-state index in [-0.39, 0.29) is 0 Å². The Balaban J connectivity index is 0.973. The largest absolute Gasteiger partial charge is 0.436 e. The molecule has 14 rings (SSSR count). The maximum absolute atomic E-state index is 6.51. The van der Waals surface area contributed by atoms with Gasteiger partial charge in [0.1, 0.15) is 5.52 Å². The molecule has 0 aliphatic rings. The van der Waals surface area contributed by atoms with Gasteiger partial charge in [-0.25, -0.2) is 15.0 Å². The normalized spacial score (nSPS) is 11.7. The van der Waals surface area contributed by atoms with Crippen LogP contribution in [0.3, 0.4) is 0 Å². The van der Waals surface area contributed by atoms with Crippen LogP contribution in [0.2, 0.25) is 0 Å². The minimum Gasteiger partial charge on any atom is -0.436 e. The molecule has 5 aromatic heterocycles. The van der Waals surface area contributed by atoms with Gasteiger partial charge in [-0.2, -0.15) is 19.9 Å². The van der Waals surface area contributed by atoms with Gasteiger partial charge in [0.05, 0.1) is 22.1 Å². The number of aromatic nitrogens is 9. The van der Waals surface area contributed by atoms with E-state index in [1.165, 1.54) is 0 Å². The van der Waals surface area contributed by atoms with E-state index in [1.807, 2.05) is 152 Å². The van der Waals surface area contributed by atoms with Crippen LogP contribution in [0.4, 0.5) is 0 Å². The molecular formula is C61H37N9O. The van der Waals surface area contributed by atoms with Gasteiger partial charge in [-0.1, -0.05) is 170 Å². The number of para-hydroxylation sites is 1. The minimum atomic E-state index is 0.495. The number of benzene rings is 9. The van der Waals surface area contributed by atoms with Crippen LogP contribution in [0.25, 0.3) is 135 Å². The zero-order valence-corrected chi connectivity index (χ0v) is 37.8. The maximum atomic E-state index is 6.51. The van der Waals surface area contributed by atoms with Crippen molar-refractivity contribution in [2.75, 3.05) is 0 Å². The summed E-state index contributed by atoms with van der Waals surface area (Å²) in [6, 6.07) is 76.1. The van der Waals surface area contributed by atoms with E-state index in [4.69, 9.17) is 39.3 Å². The van der Waals surface area contributed by atoms with Crippen molar-refractivity contribution in [3.05, 3.63) is 224 Å². The van der Waals surface area contributed by atoms with Crippen LogP contribution >= 0.6 is 0 Å². The molecule has 10 heteroatoms. The lowest BCUT2D eigenvalue weighted by molar-refractivity contribution is 0.620. The van der Waals surface area contributed by atoms with Gasteiger partial charge in [-0.05, 0) is 65.7 Å². The summed E-state index contributed by atoms with van der Waals surface area (Å²) >= 11 is 0. The predicted molar refractivity (Wildman–Crippen MR) is 282 cm³/mol. The molecule has 14 aromatic rings. The highest BCUT2D eigenvalue weighted by atomic mass is 16.3. The summed E-state index contributed by atoms with van der Waals surface area (Å²) in [5.41, 5.74) is 11.8. The van der Waals surface area contributed by atoms with E-state index in [2.05, 4.69) is 81.9 Å². The Kier molecular flexibility index (Phi) is 9.27. The van der Waals surface area contributed by atoms with Crippen LogP contribution in [0.5, 0.6) is 0 Å². The molecule has 0 atom stereocenters. The van der Waals surface area contributed by atoms with Crippen molar-refractivity contribution in [3.8, 4) is 80.0 Å². The van der Waals surface area contributed by atoms with Gasteiger partial charge in [0.15, 0.2) is 28.9 Å². The number of oxazole rings is 1. The molecule has 9 aromatic carbocycles. The van der Waals surface area contributed by atoms with Crippen molar-refractivity contribution in [1.29, 1.82) is 0 Å². The van der Waals surface area contributed by atoms with Crippen molar-refractivity contribution in [2.45, 2.75) is 0 Å². The average molecular weight is 912 g/mol. The molecule has 0 aliphatic carbocycles. The van der Waals surface area contributed by atoms with Gasteiger partial charge in [0.2, 0.25) is 17.8 Å². The third-order valence-electron chi connectivity index (χ3n) is 13.1. The average Bonchev–Trinajstić information content (AvgIpc) is 4.13. The van der Waals surface area contributed by atoms with E-state index in [9.17, 15) is 0 Å². The summed E-state index contributed by atoms with van der Waals surface area (Å²) in [6.07, 6.45) is 0. The lowest BCUT2D eigenvalue weighted by Gasteiger charge is -2.11. The van der Waals surface area contributed by atoms with Gasteiger partial charge in [0.25, 0.3) is 0 Å². The van der Waals surface area contributed by atoms with E-state index in [0.29, 0.717) is 46.7 Å². The van der Waals surface area contributed by atoms with Crippen LogP contribution in [-0.4, -0.2) is 44.0 Å². The van der Waals surface area contributed by atoms with Crippen LogP contribution < -0.4 is 0 Å². The Bertz CT molecular complexity index is 4210. The molecule has 0 N–H and O–H groups in total. The molecule has 0 saturated carbocycles. The predicted octanol–water partition coefficient (Wildman–Crippen LogP) is 14.4. The Morgan fingerprint density at radius 1 is 0.268 bits per heavy atom. The first-order valence-electron chi connectivity index (χ1n) is 23.4. The number of fused-ring (bicyclic) bond motifs is 7. The molecule has 0 amide bonds. The van der Waals surface area contributed by atoms with E-state index in [1.54, 1.807) is 0 Å². The summed E-state index contributed by atoms with van der Waals surface area (Å²) in [5.74, 6) is 3.96. The summed E-state index contributed by atoms with van der Waals surface area (Å²) in [4.78, 5) is 35.7. The Morgan fingerprint density at radius 2 is 0.648 bits per heavy atom. The highest BCUT2D eigenvalue weighted by molar-refractivity contribution is 6.14. The fourth-order valence-corrected chi connectivity index (χ4v) is 9.70. The Labute approximate surface area is 405 Å². The van der Waals surface area contributed by atoms with Crippen LogP contribution in [0, 0.1) is 0 Å². The lowest BCUT2D eigenvalue weighted by Crippen LogP contribution is -2.06. The first-order valence-corrected chi connectivity index (χ1v) is 23.4. The standard InChI is InChI=1S/C61H37N9O/c1-6-18-38(19-7-1)55-63-56(39-20-8-2-9-21-39)66-60(65-55)69-50-29-17-16-28-45(50)46-34-43(30-32-51(46)69)44-31-33-52-47(35-44)48-36-54-49(62-59(71-54)42-26-14-5-15-27-42)37-53(48)70(52)61-67-57(40-22-10-3-11-23-40)64-58(68-61)41-24-12-4-13-25-41/h1-37H. The second-order valence-electron chi connectivity index (χ2n) is 17.4. The van der Waals surface area contributed by atoms with Crippen molar-refractivity contribution in [1.82, 2.24) is 44.0 Å². The number of hydrogen-bond donors (Lipinski definition) is 0. The van der Waals surface area contributed by atoms with Gasteiger partial charge >= 0.3 is 0 Å². The molecule has 0 fully saturated rings. The lowest BCUT2D eigenvalue weighted by atomic mass is 10.0. The summed E-state index contributed by atoms with van der Waals surface area (Å²) < 4.78 is 10.8. The molecule has 0 spiro atoms. The van der Waals surface area contributed by atoms with Crippen LogP contribution in [0.15, 0.2) is 229 Å². The Hall–Kier alpha value is -9.93. The number of rotatable bonds is 8. The SMILES string of the molecule is c1ccc(-c2nc(-c3ccccc3)nc(-n3c4ccccc4c4cc(-c5ccc6c(c5)c5cc7oc(-c8ccccc8)nc7cc5n6-c5nc(-c6ccccc6)nc(-c6ccccc6)n5)ccc43)n2)cc1. The maximum Gasteiger partial charge on any atom is 0.238 e. The van der Waals surface area contributed by atoms with Crippen molar-refractivity contribution in [3.63, 3.8) is 0 Å². The van der Waals surface area contributed by atoms with Crippen LogP contribution in [-0.2, 0) is 0 Å². The molecule has 332 valence electrons. The third-order valence-corrected chi connectivity index (χ3v) is 13.1. The quantitative estimate of drug-likeness (QED) is 0.148. The van der Waals surface area contributed by atoms with Gasteiger partial charge in [-0.15, -0.1) is 0 Å². The molecule has 0 saturated heterocycles. The summed E-state index contributed by atoms with van der Waals surface area (Å²) in [7, 11) is 0.